The number of carbonyl (C=O) groups is 1. The fourth-order valence-electron chi connectivity index (χ4n) is 3.19. The van der Waals surface area contributed by atoms with Crippen molar-refractivity contribution >= 4 is 29.1 Å². The van der Waals surface area contributed by atoms with Gasteiger partial charge in [-0.15, -0.1) is 10.2 Å². The molecule has 1 fully saturated rings. The monoisotopic (exact) mass is 364 g/mol. The number of amides is 1. The minimum atomic E-state index is -0.0142. The zero-order valence-electron chi connectivity index (χ0n) is 14.8. The molecular formula is C17H25ClN6O. The predicted octanol–water partition coefficient (Wildman–Crippen LogP) is 1.67. The molecule has 1 amide bonds. The minimum Gasteiger partial charge on any atom is -0.356 e. The van der Waals surface area contributed by atoms with Gasteiger partial charge in [0.15, 0.2) is 5.65 Å². The third-order valence-corrected chi connectivity index (χ3v) is 4.73. The summed E-state index contributed by atoms with van der Waals surface area (Å²) in [6.45, 7) is 3.23. The molecule has 0 aromatic carbocycles. The number of nitrogens with zero attached hydrogens (tertiary/aromatic N) is 5. The lowest BCUT2D eigenvalue weighted by Crippen LogP contribution is -2.44. The van der Waals surface area contributed by atoms with E-state index in [2.05, 4.69) is 25.3 Å². The van der Waals surface area contributed by atoms with Crippen molar-refractivity contribution in [1.29, 1.82) is 0 Å². The Morgan fingerprint density at radius 2 is 2.24 bits per heavy atom. The molecule has 1 unspecified atom stereocenters. The molecule has 25 heavy (non-hydrogen) atoms. The first kappa shape index (κ1) is 17.9. The number of pyridine rings is 1. The van der Waals surface area contributed by atoms with Crippen LogP contribution in [0.25, 0.3) is 5.65 Å². The van der Waals surface area contributed by atoms with Gasteiger partial charge < -0.3 is 15.1 Å². The average Bonchev–Trinajstić information content (AvgIpc) is 3.01. The van der Waals surface area contributed by atoms with Gasteiger partial charge in [0.1, 0.15) is 0 Å². The van der Waals surface area contributed by atoms with Gasteiger partial charge in [0.05, 0.1) is 10.9 Å². The van der Waals surface area contributed by atoms with E-state index in [0.717, 1.165) is 50.5 Å². The molecule has 0 bridgehead atoms. The van der Waals surface area contributed by atoms with Gasteiger partial charge in [-0.1, -0.05) is 11.6 Å². The first-order chi connectivity index (χ1) is 12.0. The molecule has 8 heteroatoms. The topological polar surface area (TPSA) is 65.8 Å². The lowest BCUT2D eigenvalue weighted by Gasteiger charge is -2.32. The first-order valence-electron chi connectivity index (χ1n) is 8.72. The van der Waals surface area contributed by atoms with Gasteiger partial charge in [-0.2, -0.15) is 0 Å². The molecule has 1 atom stereocenters. The zero-order valence-corrected chi connectivity index (χ0v) is 15.5. The van der Waals surface area contributed by atoms with Crippen LogP contribution in [0, 0.1) is 5.92 Å². The van der Waals surface area contributed by atoms with Crippen LogP contribution in [0.1, 0.15) is 19.3 Å². The number of rotatable bonds is 6. The Labute approximate surface area is 153 Å². The van der Waals surface area contributed by atoms with Crippen LogP contribution in [0.4, 0.5) is 5.95 Å². The summed E-state index contributed by atoms with van der Waals surface area (Å²) in [6.07, 6.45) is 4.65. The van der Waals surface area contributed by atoms with Crippen LogP contribution >= 0.6 is 11.6 Å². The molecule has 0 spiro atoms. The molecule has 0 aliphatic carbocycles. The molecule has 1 saturated heterocycles. The molecule has 3 heterocycles. The van der Waals surface area contributed by atoms with Gasteiger partial charge >= 0.3 is 0 Å². The molecule has 136 valence electrons. The Bertz CT molecular complexity index is 731. The van der Waals surface area contributed by atoms with Gasteiger partial charge in [-0.3, -0.25) is 9.20 Å². The maximum absolute atomic E-state index is 12.5. The van der Waals surface area contributed by atoms with Crippen LogP contribution in [0.3, 0.4) is 0 Å². The Morgan fingerprint density at radius 3 is 3.04 bits per heavy atom. The predicted molar refractivity (Wildman–Crippen MR) is 99.1 cm³/mol. The highest BCUT2D eigenvalue weighted by Gasteiger charge is 2.28. The lowest BCUT2D eigenvalue weighted by molar-refractivity contribution is -0.125. The highest BCUT2D eigenvalue weighted by molar-refractivity contribution is 6.30. The standard InChI is InChI=1S/C17H25ClN6O/c1-22(2)9-4-8-19-16(25)13-5-3-10-23(11-13)17-21-20-15-7-6-14(18)12-24(15)17/h6-7,12-13H,3-5,8-11H2,1-2H3,(H,19,25). The molecule has 1 aliphatic heterocycles. The smallest absolute Gasteiger partial charge is 0.231 e. The number of nitrogens with one attached hydrogen (secondary N) is 1. The zero-order chi connectivity index (χ0) is 17.8. The summed E-state index contributed by atoms with van der Waals surface area (Å²) >= 11 is 6.10. The van der Waals surface area contributed by atoms with E-state index in [1.807, 2.05) is 30.8 Å². The lowest BCUT2D eigenvalue weighted by atomic mass is 9.97. The highest BCUT2D eigenvalue weighted by atomic mass is 35.5. The Kier molecular flexibility index (Phi) is 5.75. The van der Waals surface area contributed by atoms with E-state index >= 15 is 0 Å². The largest absolute Gasteiger partial charge is 0.356 e. The van der Waals surface area contributed by atoms with Crippen LogP contribution in [0.15, 0.2) is 18.3 Å². The van der Waals surface area contributed by atoms with E-state index in [1.54, 1.807) is 6.07 Å². The van der Waals surface area contributed by atoms with Crippen LogP contribution in [0.5, 0.6) is 0 Å². The van der Waals surface area contributed by atoms with E-state index in [4.69, 9.17) is 11.6 Å². The van der Waals surface area contributed by atoms with Gasteiger partial charge in [0, 0.05) is 25.8 Å². The van der Waals surface area contributed by atoms with Crippen molar-refractivity contribution in [3.63, 3.8) is 0 Å². The molecule has 2 aromatic heterocycles. The molecule has 3 rings (SSSR count). The summed E-state index contributed by atoms with van der Waals surface area (Å²) in [5, 5.41) is 12.2. The SMILES string of the molecule is CN(C)CCCNC(=O)C1CCCN(c2nnc3ccc(Cl)cn23)C1. The quantitative estimate of drug-likeness (QED) is 0.790. The highest BCUT2D eigenvalue weighted by Crippen LogP contribution is 2.23. The van der Waals surface area contributed by atoms with Gasteiger partial charge in [-0.05, 0) is 52.0 Å². The van der Waals surface area contributed by atoms with Crippen molar-refractivity contribution in [2.45, 2.75) is 19.3 Å². The maximum Gasteiger partial charge on any atom is 0.231 e. The average molecular weight is 365 g/mol. The summed E-state index contributed by atoms with van der Waals surface area (Å²) in [5.74, 6) is 0.873. The summed E-state index contributed by atoms with van der Waals surface area (Å²) in [4.78, 5) is 16.7. The van der Waals surface area contributed by atoms with E-state index < -0.39 is 0 Å². The van der Waals surface area contributed by atoms with Gasteiger partial charge in [0.2, 0.25) is 11.9 Å². The third kappa shape index (κ3) is 4.41. The molecule has 0 radical (unpaired) electrons. The molecular weight excluding hydrogens is 340 g/mol. The molecule has 7 nitrogen and oxygen atoms in total. The van der Waals surface area contributed by atoms with Crippen molar-refractivity contribution in [3.05, 3.63) is 23.4 Å². The second-order valence-corrected chi connectivity index (χ2v) is 7.24. The summed E-state index contributed by atoms with van der Waals surface area (Å²) in [7, 11) is 4.08. The fourth-order valence-corrected chi connectivity index (χ4v) is 3.35. The van der Waals surface area contributed by atoms with Gasteiger partial charge in [-0.25, -0.2) is 0 Å². The molecule has 2 aromatic rings. The molecule has 1 aliphatic rings. The summed E-state index contributed by atoms with van der Waals surface area (Å²) < 4.78 is 1.89. The Balaban J connectivity index is 1.62. The first-order valence-corrected chi connectivity index (χ1v) is 9.10. The fraction of sp³-hybridized carbons (Fsp3) is 0.588. The number of hydrogen-bond acceptors (Lipinski definition) is 5. The van der Waals surface area contributed by atoms with Crippen LogP contribution < -0.4 is 10.2 Å². The minimum absolute atomic E-state index is 0.0142. The summed E-state index contributed by atoms with van der Waals surface area (Å²) in [5.41, 5.74) is 0.759. The number of halogens is 1. The number of anilines is 1. The number of aromatic nitrogens is 3. The molecule has 1 N–H and O–H groups in total. The van der Waals surface area contributed by atoms with Gasteiger partial charge in [0.25, 0.3) is 0 Å². The number of carbonyl (C=O) groups excluding carboxylic acids is 1. The van der Waals surface area contributed by atoms with Crippen LogP contribution in [0.2, 0.25) is 5.02 Å². The van der Waals surface area contributed by atoms with E-state index in [1.165, 1.54) is 0 Å². The third-order valence-electron chi connectivity index (χ3n) is 4.50. The maximum atomic E-state index is 12.5. The van der Waals surface area contributed by atoms with Crippen LogP contribution in [-0.4, -0.2) is 65.7 Å². The number of fused-ring (bicyclic) bond motifs is 1. The van der Waals surface area contributed by atoms with Crippen molar-refractivity contribution in [2.75, 3.05) is 45.2 Å². The second kappa shape index (κ2) is 8.01. The molecule has 0 saturated carbocycles. The van der Waals surface area contributed by atoms with E-state index in [0.29, 0.717) is 11.6 Å². The van der Waals surface area contributed by atoms with E-state index in [9.17, 15) is 4.79 Å². The van der Waals surface area contributed by atoms with Crippen molar-refractivity contribution in [2.24, 2.45) is 5.92 Å². The normalized spacial score (nSPS) is 18.1. The second-order valence-electron chi connectivity index (χ2n) is 6.81. The Morgan fingerprint density at radius 1 is 1.40 bits per heavy atom. The number of hydrogen-bond donors (Lipinski definition) is 1. The van der Waals surface area contributed by atoms with E-state index in [-0.39, 0.29) is 11.8 Å². The van der Waals surface area contributed by atoms with Crippen molar-refractivity contribution in [1.82, 2.24) is 24.8 Å². The van der Waals surface area contributed by atoms with Crippen molar-refractivity contribution in [3.8, 4) is 0 Å². The number of piperidine rings is 1. The van der Waals surface area contributed by atoms with Crippen molar-refractivity contribution < 1.29 is 4.79 Å². The van der Waals surface area contributed by atoms with Crippen LogP contribution in [-0.2, 0) is 4.79 Å². The summed E-state index contributed by atoms with van der Waals surface area (Å²) in [6, 6.07) is 3.65. The Hall–Kier alpha value is -1.86.